The minimum Gasteiger partial charge on any atom is -0.478 e. The van der Waals surface area contributed by atoms with Crippen LogP contribution < -0.4 is 0 Å². The third-order valence-corrected chi connectivity index (χ3v) is 2.97. The van der Waals surface area contributed by atoms with Gasteiger partial charge in [-0.2, -0.15) is 5.10 Å². The summed E-state index contributed by atoms with van der Waals surface area (Å²) in [6, 6.07) is 1.51. The van der Waals surface area contributed by atoms with Gasteiger partial charge in [0.15, 0.2) is 0 Å². The molecule has 88 valence electrons. The van der Waals surface area contributed by atoms with Crippen molar-refractivity contribution in [3.8, 4) is 5.69 Å². The number of carbonyl (C=O) groups is 1. The Bertz CT molecular complexity index is 592. The first kappa shape index (κ1) is 11.6. The first-order valence-corrected chi connectivity index (χ1v) is 5.29. The Morgan fingerprint density at radius 2 is 2.12 bits per heavy atom. The van der Waals surface area contributed by atoms with E-state index in [0.29, 0.717) is 16.4 Å². The molecule has 1 N–H and O–H groups in total. The van der Waals surface area contributed by atoms with Gasteiger partial charge in [0.05, 0.1) is 33.9 Å². The van der Waals surface area contributed by atoms with Gasteiger partial charge in [0.25, 0.3) is 0 Å². The van der Waals surface area contributed by atoms with Crippen molar-refractivity contribution in [1.29, 1.82) is 0 Å². The molecule has 0 atom stereocenters. The van der Waals surface area contributed by atoms with Crippen molar-refractivity contribution in [2.75, 3.05) is 0 Å². The number of carboxylic acid groups (broad SMARTS) is 1. The third-order valence-electron chi connectivity index (χ3n) is 2.42. The summed E-state index contributed by atoms with van der Waals surface area (Å²) in [5.41, 5.74) is 2.15. The molecule has 0 radical (unpaired) electrons. The smallest absolute Gasteiger partial charge is 0.337 e. The van der Waals surface area contributed by atoms with Crippen molar-refractivity contribution >= 4 is 17.6 Å². The Morgan fingerprint density at radius 3 is 2.65 bits per heavy atom. The molecule has 0 aliphatic rings. The largest absolute Gasteiger partial charge is 0.478 e. The Hall–Kier alpha value is -1.88. The van der Waals surface area contributed by atoms with Crippen LogP contribution >= 0.6 is 11.6 Å². The molecule has 2 rings (SSSR count). The van der Waals surface area contributed by atoms with E-state index < -0.39 is 5.97 Å². The second kappa shape index (κ2) is 4.18. The number of aromatic nitrogens is 3. The molecule has 0 aromatic carbocycles. The highest BCUT2D eigenvalue weighted by Gasteiger charge is 2.12. The van der Waals surface area contributed by atoms with Crippen LogP contribution in [0.3, 0.4) is 0 Å². The third kappa shape index (κ3) is 2.01. The van der Waals surface area contributed by atoms with E-state index in [1.54, 1.807) is 17.8 Å². The van der Waals surface area contributed by atoms with Gasteiger partial charge in [-0.25, -0.2) is 9.48 Å². The zero-order chi connectivity index (χ0) is 12.6. The molecule has 5 nitrogen and oxygen atoms in total. The van der Waals surface area contributed by atoms with E-state index in [0.717, 1.165) is 5.69 Å². The summed E-state index contributed by atoms with van der Waals surface area (Å²) in [6.07, 6.45) is 2.83. The Morgan fingerprint density at radius 1 is 1.41 bits per heavy atom. The lowest BCUT2D eigenvalue weighted by Crippen LogP contribution is -2.03. The van der Waals surface area contributed by atoms with Crippen LogP contribution in [0.15, 0.2) is 18.5 Å². The van der Waals surface area contributed by atoms with Crippen LogP contribution in [-0.4, -0.2) is 25.8 Å². The van der Waals surface area contributed by atoms with E-state index in [4.69, 9.17) is 16.7 Å². The molecular formula is C11H10ClN3O2. The summed E-state index contributed by atoms with van der Waals surface area (Å²) < 4.78 is 1.58. The van der Waals surface area contributed by atoms with Gasteiger partial charge in [0.2, 0.25) is 0 Å². The lowest BCUT2D eigenvalue weighted by molar-refractivity contribution is 0.0696. The highest BCUT2D eigenvalue weighted by Crippen LogP contribution is 2.22. The minimum atomic E-state index is -1.02. The van der Waals surface area contributed by atoms with Gasteiger partial charge in [0.1, 0.15) is 0 Å². The fraction of sp³-hybridized carbons (Fsp3) is 0.182. The van der Waals surface area contributed by atoms with Gasteiger partial charge >= 0.3 is 5.97 Å². The molecule has 0 unspecified atom stereocenters. The van der Waals surface area contributed by atoms with E-state index in [9.17, 15) is 4.79 Å². The van der Waals surface area contributed by atoms with E-state index in [-0.39, 0.29) is 5.56 Å². The topological polar surface area (TPSA) is 68.0 Å². The summed E-state index contributed by atoms with van der Waals surface area (Å²) in [4.78, 5) is 14.7. The molecule has 0 aliphatic heterocycles. The van der Waals surface area contributed by atoms with Crippen molar-refractivity contribution in [1.82, 2.24) is 14.8 Å². The Kier molecular flexibility index (Phi) is 2.85. The summed E-state index contributed by atoms with van der Waals surface area (Å²) in [7, 11) is 0. The quantitative estimate of drug-likeness (QED) is 0.889. The van der Waals surface area contributed by atoms with Crippen LogP contribution in [0, 0.1) is 13.8 Å². The average molecular weight is 252 g/mol. The molecule has 6 heteroatoms. The number of rotatable bonds is 2. The SMILES string of the molecule is Cc1nn(-c2cncc(C(=O)O)c2)c(C)c1Cl. The molecule has 0 saturated carbocycles. The zero-order valence-electron chi connectivity index (χ0n) is 9.31. The van der Waals surface area contributed by atoms with Gasteiger partial charge in [0, 0.05) is 6.20 Å². The molecule has 0 amide bonds. The van der Waals surface area contributed by atoms with Crippen LogP contribution in [0.5, 0.6) is 0 Å². The molecule has 0 bridgehead atoms. The van der Waals surface area contributed by atoms with E-state index in [2.05, 4.69) is 10.1 Å². The second-order valence-electron chi connectivity index (χ2n) is 3.63. The fourth-order valence-electron chi connectivity index (χ4n) is 1.54. The van der Waals surface area contributed by atoms with Crippen LogP contribution in [-0.2, 0) is 0 Å². The normalized spacial score (nSPS) is 10.5. The number of aromatic carboxylic acids is 1. The van der Waals surface area contributed by atoms with E-state index >= 15 is 0 Å². The van der Waals surface area contributed by atoms with Crippen molar-refractivity contribution in [2.24, 2.45) is 0 Å². The van der Waals surface area contributed by atoms with Gasteiger partial charge in [-0.05, 0) is 19.9 Å². The zero-order valence-corrected chi connectivity index (χ0v) is 10.1. The van der Waals surface area contributed by atoms with Crippen LogP contribution in [0.4, 0.5) is 0 Å². The van der Waals surface area contributed by atoms with Crippen LogP contribution in [0.25, 0.3) is 5.69 Å². The molecule has 17 heavy (non-hydrogen) atoms. The fourth-order valence-corrected chi connectivity index (χ4v) is 1.65. The maximum atomic E-state index is 10.8. The molecule has 0 saturated heterocycles. The molecule has 2 aromatic rings. The van der Waals surface area contributed by atoms with Crippen LogP contribution in [0.1, 0.15) is 21.7 Å². The Labute approximate surface area is 103 Å². The minimum absolute atomic E-state index is 0.117. The van der Waals surface area contributed by atoms with E-state index in [1.165, 1.54) is 12.3 Å². The number of aryl methyl sites for hydroxylation is 1. The molecule has 2 heterocycles. The monoisotopic (exact) mass is 251 g/mol. The number of carboxylic acids is 1. The molecule has 2 aromatic heterocycles. The maximum absolute atomic E-state index is 10.8. The summed E-state index contributed by atoms with van der Waals surface area (Å²) >= 11 is 6.03. The van der Waals surface area contributed by atoms with Gasteiger partial charge in [-0.3, -0.25) is 4.98 Å². The highest BCUT2D eigenvalue weighted by molar-refractivity contribution is 6.31. The lowest BCUT2D eigenvalue weighted by Gasteiger charge is -2.04. The molecule has 0 aliphatic carbocycles. The number of nitrogens with zero attached hydrogens (tertiary/aromatic N) is 3. The van der Waals surface area contributed by atoms with E-state index in [1.807, 2.05) is 6.92 Å². The van der Waals surface area contributed by atoms with Crippen molar-refractivity contribution in [3.05, 3.63) is 40.4 Å². The standard InChI is InChI=1S/C11H10ClN3O2/c1-6-10(12)7(2)15(14-6)9-3-8(11(16)17)4-13-5-9/h3-5H,1-2H3,(H,16,17). The van der Waals surface area contributed by atoms with Crippen molar-refractivity contribution in [3.63, 3.8) is 0 Å². The first-order chi connectivity index (χ1) is 8.00. The first-order valence-electron chi connectivity index (χ1n) is 4.91. The van der Waals surface area contributed by atoms with Gasteiger partial charge < -0.3 is 5.11 Å². The van der Waals surface area contributed by atoms with Crippen LogP contribution in [0.2, 0.25) is 5.02 Å². The van der Waals surface area contributed by atoms with Crippen molar-refractivity contribution in [2.45, 2.75) is 13.8 Å². The average Bonchev–Trinajstić information content (AvgIpc) is 2.57. The highest BCUT2D eigenvalue weighted by atomic mass is 35.5. The number of pyridine rings is 1. The number of hydrogen-bond acceptors (Lipinski definition) is 3. The number of halogens is 1. The molecule has 0 spiro atoms. The second-order valence-corrected chi connectivity index (χ2v) is 4.01. The molecular weight excluding hydrogens is 242 g/mol. The predicted molar refractivity (Wildman–Crippen MR) is 62.8 cm³/mol. The summed E-state index contributed by atoms with van der Waals surface area (Å²) in [5, 5.41) is 13.7. The predicted octanol–water partition coefficient (Wildman–Crippen LogP) is 2.24. The summed E-state index contributed by atoms with van der Waals surface area (Å²) in [5.74, 6) is -1.02. The van der Waals surface area contributed by atoms with Gasteiger partial charge in [-0.15, -0.1) is 0 Å². The molecule has 0 fully saturated rings. The Balaban J connectivity index is 2.56. The van der Waals surface area contributed by atoms with Gasteiger partial charge in [-0.1, -0.05) is 11.6 Å². The van der Waals surface area contributed by atoms with Crippen molar-refractivity contribution < 1.29 is 9.90 Å². The lowest BCUT2D eigenvalue weighted by atomic mass is 10.2. The maximum Gasteiger partial charge on any atom is 0.337 e. The summed E-state index contributed by atoms with van der Waals surface area (Å²) in [6.45, 7) is 3.61. The number of hydrogen-bond donors (Lipinski definition) is 1.